The fourth-order valence-corrected chi connectivity index (χ4v) is 14.4. The van der Waals surface area contributed by atoms with Crippen molar-refractivity contribution in [2.45, 2.75) is 0 Å². The van der Waals surface area contributed by atoms with Crippen LogP contribution >= 0.6 is 0 Å². The van der Waals surface area contributed by atoms with Gasteiger partial charge in [-0.2, -0.15) is 15.8 Å². The van der Waals surface area contributed by atoms with E-state index >= 15 is 0 Å². The third-order valence-corrected chi connectivity index (χ3v) is 18.6. The zero-order valence-electron chi connectivity index (χ0n) is 52.4. The molecular weight excluding hydrogens is 1210 g/mol. The van der Waals surface area contributed by atoms with E-state index in [0.717, 1.165) is 105 Å². The summed E-state index contributed by atoms with van der Waals surface area (Å²) >= 11 is 0. The standard InChI is InChI=1S/C87H46N12/c1-91-61-44-60(52-90)83(73(49-61)93-3)57-39-41-81-69(46-57)68-45-56(82-59(51-89)42-53(50-88)43-72(82)92-2)38-40-80(68)99(81)84-70(66-30-14-20-36-78(66)97-74-32-16-10-26-62(74)63-27-11-17-33-75(63)97)47-58(87-95-85(54-22-6-4-7-23-54)94-86(96-87)55-24-8-5-9-25-55)48-71(84)67-31-15-21-37-79(67)98-76-34-18-12-28-64(76)65-29-13-19-35-77(65)98/h4-49H. The molecule has 0 aliphatic rings. The summed E-state index contributed by atoms with van der Waals surface area (Å²) in [5, 5.41) is 37.6. The molecule has 0 unspecified atom stereocenters. The molecule has 13 aromatic carbocycles. The zero-order chi connectivity index (χ0) is 66.8. The van der Waals surface area contributed by atoms with Gasteiger partial charge in [-0.25, -0.2) is 29.5 Å². The van der Waals surface area contributed by atoms with Crippen LogP contribution in [0.1, 0.15) is 16.7 Å². The van der Waals surface area contributed by atoms with Gasteiger partial charge in [0.2, 0.25) is 0 Å². The maximum absolute atomic E-state index is 10.9. The maximum Gasteiger partial charge on any atom is 0.197 e. The Labute approximate surface area is 567 Å². The van der Waals surface area contributed by atoms with Crippen LogP contribution in [0.2, 0.25) is 0 Å². The van der Waals surface area contributed by atoms with Crippen molar-refractivity contribution in [3.05, 3.63) is 330 Å². The second-order valence-corrected chi connectivity index (χ2v) is 24.0. The summed E-state index contributed by atoms with van der Waals surface area (Å²) in [6.07, 6.45) is 0. The molecule has 12 nitrogen and oxygen atoms in total. The van der Waals surface area contributed by atoms with Crippen LogP contribution in [0, 0.1) is 53.7 Å². The number of hydrogen-bond donors (Lipinski definition) is 0. The topological polar surface area (TPSA) is 138 Å². The molecule has 12 heteroatoms. The minimum absolute atomic E-state index is 0.141. The first kappa shape index (κ1) is 58.1. The van der Waals surface area contributed by atoms with Crippen molar-refractivity contribution in [3.63, 3.8) is 0 Å². The van der Waals surface area contributed by atoms with E-state index in [2.05, 4.69) is 204 Å². The molecule has 4 heterocycles. The van der Waals surface area contributed by atoms with Crippen molar-refractivity contribution < 1.29 is 0 Å². The highest BCUT2D eigenvalue weighted by molar-refractivity contribution is 6.16. The second kappa shape index (κ2) is 23.6. The van der Waals surface area contributed by atoms with Gasteiger partial charge >= 0.3 is 0 Å². The SMILES string of the molecule is [C-]#[N+]c1cc(C#N)c(-c2ccc3c(c2)c2cc(-c4c(C#N)cc(C#N)cc4[N+]#[C-])ccc2n3-c2c(-c3ccccc3-n3c4ccccc4c4ccccc43)cc(-c3nc(-c4ccccc4)nc(-c4ccccc4)n3)cc2-c2ccccc2-n2c3ccccc3c3ccccc32)c([N+]#[C-])c1. The Morgan fingerprint density at radius 1 is 0.293 bits per heavy atom. The predicted octanol–water partition coefficient (Wildman–Crippen LogP) is 22.1. The number of rotatable bonds is 10. The summed E-state index contributed by atoms with van der Waals surface area (Å²) in [7, 11) is 0. The largest absolute Gasteiger partial charge is 0.309 e. The number of benzene rings is 13. The normalized spacial score (nSPS) is 11.2. The maximum atomic E-state index is 10.9. The van der Waals surface area contributed by atoms with Crippen LogP contribution in [-0.2, 0) is 0 Å². The molecule has 99 heavy (non-hydrogen) atoms. The van der Waals surface area contributed by atoms with Gasteiger partial charge in [-0.15, -0.1) is 0 Å². The van der Waals surface area contributed by atoms with E-state index in [4.69, 9.17) is 34.7 Å². The van der Waals surface area contributed by atoms with Crippen molar-refractivity contribution in [2.24, 2.45) is 0 Å². The lowest BCUT2D eigenvalue weighted by Crippen LogP contribution is -2.07. The number of para-hydroxylation sites is 6. The van der Waals surface area contributed by atoms with Gasteiger partial charge in [-0.05, 0) is 102 Å². The first-order chi connectivity index (χ1) is 48.8. The van der Waals surface area contributed by atoms with Crippen molar-refractivity contribution in [1.82, 2.24) is 28.7 Å². The molecule has 0 N–H and O–H groups in total. The van der Waals surface area contributed by atoms with Crippen molar-refractivity contribution in [2.75, 3.05) is 0 Å². The van der Waals surface area contributed by atoms with E-state index in [1.54, 1.807) is 0 Å². The van der Waals surface area contributed by atoms with Crippen molar-refractivity contribution >= 4 is 82.5 Å². The predicted molar refractivity (Wildman–Crippen MR) is 394 cm³/mol. The summed E-state index contributed by atoms with van der Waals surface area (Å²) in [5.41, 5.74) is 16.5. The molecule has 0 spiro atoms. The first-order valence-electron chi connectivity index (χ1n) is 31.8. The molecule has 17 rings (SSSR count). The quantitative estimate of drug-likeness (QED) is 0.125. The van der Waals surface area contributed by atoms with E-state index in [-0.39, 0.29) is 33.8 Å². The number of fused-ring (bicyclic) bond motifs is 9. The first-order valence-corrected chi connectivity index (χ1v) is 31.8. The molecule has 0 atom stereocenters. The van der Waals surface area contributed by atoms with Crippen LogP contribution in [0.15, 0.2) is 279 Å². The highest BCUT2D eigenvalue weighted by Crippen LogP contribution is 2.50. The number of aromatic nitrogens is 6. The smallest absolute Gasteiger partial charge is 0.197 e. The van der Waals surface area contributed by atoms with Gasteiger partial charge in [0.1, 0.15) is 0 Å². The number of nitrogens with zero attached hydrogens (tertiary/aromatic N) is 12. The summed E-state index contributed by atoms with van der Waals surface area (Å²) in [5.74, 6) is 1.41. The molecule has 4 aromatic heterocycles. The average molecular weight is 1260 g/mol. The van der Waals surface area contributed by atoms with E-state index in [0.29, 0.717) is 56.1 Å². The molecule has 0 saturated carbocycles. The van der Waals surface area contributed by atoms with Crippen LogP contribution in [0.5, 0.6) is 0 Å². The van der Waals surface area contributed by atoms with Gasteiger partial charge < -0.3 is 13.7 Å². The fraction of sp³-hybridized carbons (Fsp3) is 0. The Balaban J connectivity index is 1.08. The fourth-order valence-electron chi connectivity index (χ4n) is 14.4. The number of hydrogen-bond acceptors (Lipinski definition) is 6. The van der Waals surface area contributed by atoms with E-state index in [1.165, 1.54) is 24.3 Å². The summed E-state index contributed by atoms with van der Waals surface area (Å²) in [6.45, 7) is 24.8. The molecule has 0 amide bonds. The Hall–Kier alpha value is -14.8. The van der Waals surface area contributed by atoms with Gasteiger partial charge in [-0.1, -0.05) is 188 Å². The molecule has 0 aliphatic heterocycles. The lowest BCUT2D eigenvalue weighted by atomic mass is 9.90. The summed E-state index contributed by atoms with van der Waals surface area (Å²) < 4.78 is 6.98. The summed E-state index contributed by atoms with van der Waals surface area (Å²) in [4.78, 5) is 27.6. The Bertz CT molecular complexity index is 6000. The van der Waals surface area contributed by atoms with Gasteiger partial charge in [0.15, 0.2) is 34.5 Å². The molecule has 0 fully saturated rings. The molecule has 17 aromatic rings. The second-order valence-electron chi connectivity index (χ2n) is 24.0. The molecule has 454 valence electrons. The minimum Gasteiger partial charge on any atom is -0.309 e. The highest BCUT2D eigenvalue weighted by Gasteiger charge is 2.29. The van der Waals surface area contributed by atoms with Crippen molar-refractivity contribution in [1.29, 1.82) is 15.8 Å². The van der Waals surface area contributed by atoms with Crippen LogP contribution < -0.4 is 0 Å². The van der Waals surface area contributed by atoms with Gasteiger partial charge in [-0.3, -0.25) is 0 Å². The van der Waals surface area contributed by atoms with Gasteiger partial charge in [0.25, 0.3) is 0 Å². The zero-order valence-corrected chi connectivity index (χ0v) is 52.4. The van der Waals surface area contributed by atoms with Crippen LogP contribution in [0.3, 0.4) is 0 Å². The Morgan fingerprint density at radius 3 is 1.10 bits per heavy atom. The molecule has 0 saturated heterocycles. The van der Waals surface area contributed by atoms with Gasteiger partial charge in [0.05, 0.1) is 93.6 Å². The minimum atomic E-state index is 0.141. The molecule has 0 bridgehead atoms. The Morgan fingerprint density at radius 2 is 0.677 bits per heavy atom. The van der Waals surface area contributed by atoms with E-state index in [1.807, 2.05) is 97.1 Å². The number of nitriles is 3. The molecular formula is C87H46N12. The highest BCUT2D eigenvalue weighted by atomic mass is 15.0. The van der Waals surface area contributed by atoms with E-state index < -0.39 is 0 Å². The average Bonchev–Trinajstić information content (AvgIpc) is 1.63. The monoisotopic (exact) mass is 1260 g/mol. The lowest BCUT2D eigenvalue weighted by molar-refractivity contribution is 1.07. The third kappa shape index (κ3) is 9.43. The van der Waals surface area contributed by atoms with Crippen LogP contribution in [0.4, 0.5) is 17.1 Å². The van der Waals surface area contributed by atoms with Crippen molar-refractivity contribution in [3.8, 4) is 114 Å². The summed E-state index contributed by atoms with van der Waals surface area (Å²) in [6, 6.07) is 99.9. The third-order valence-electron chi connectivity index (χ3n) is 18.6. The van der Waals surface area contributed by atoms with E-state index in [9.17, 15) is 15.8 Å². The molecule has 0 radical (unpaired) electrons. The van der Waals surface area contributed by atoms with Crippen LogP contribution in [-0.4, -0.2) is 28.7 Å². The van der Waals surface area contributed by atoms with Gasteiger partial charge in [0, 0.05) is 93.5 Å². The molecule has 0 aliphatic carbocycles. The van der Waals surface area contributed by atoms with Crippen LogP contribution in [0.25, 0.3) is 176 Å². The lowest BCUT2D eigenvalue weighted by Gasteiger charge is -2.24. The Kier molecular flexibility index (Phi) is 13.9.